The lowest BCUT2D eigenvalue weighted by Crippen LogP contribution is -2.29. The molecule has 1 aliphatic heterocycles. The molecule has 0 bridgehead atoms. The predicted octanol–water partition coefficient (Wildman–Crippen LogP) is 5.66. The molecule has 3 aromatic rings. The highest BCUT2D eigenvalue weighted by molar-refractivity contribution is 7.17. The maximum atomic E-state index is 15.2. The number of benzene rings is 2. The van der Waals surface area contributed by atoms with Crippen molar-refractivity contribution in [2.24, 2.45) is 0 Å². The summed E-state index contributed by atoms with van der Waals surface area (Å²) in [7, 11) is 0. The number of amides is 1. The highest BCUT2D eigenvalue weighted by Crippen LogP contribution is 2.45. The Bertz CT molecular complexity index is 1490. The number of anilines is 1. The Balaban J connectivity index is 1.87. The first kappa shape index (κ1) is 27.7. The number of hydrogen-bond donors (Lipinski definition) is 1. The molecule has 39 heavy (non-hydrogen) atoms. The summed E-state index contributed by atoms with van der Waals surface area (Å²) in [5.41, 5.74) is 0.859. The van der Waals surface area contributed by atoms with Crippen molar-refractivity contribution in [3.8, 4) is 5.75 Å². The zero-order valence-corrected chi connectivity index (χ0v) is 22.5. The fraction of sp³-hybridized carbons (Fsp3) is 0.241. The molecule has 1 aliphatic rings. The van der Waals surface area contributed by atoms with E-state index in [1.54, 1.807) is 38.1 Å². The van der Waals surface area contributed by atoms with Crippen molar-refractivity contribution in [3.63, 3.8) is 0 Å². The molecule has 1 unspecified atom stereocenters. The summed E-state index contributed by atoms with van der Waals surface area (Å²) < 4.78 is 25.9. The summed E-state index contributed by atoms with van der Waals surface area (Å²) in [6.45, 7) is 9.27. The second-order valence-electron chi connectivity index (χ2n) is 8.81. The molecule has 1 amide bonds. The lowest BCUT2D eigenvalue weighted by Gasteiger charge is -2.23. The molecule has 1 fully saturated rings. The summed E-state index contributed by atoms with van der Waals surface area (Å²) in [5.74, 6) is -3.23. The number of ketones is 1. The van der Waals surface area contributed by atoms with E-state index in [2.05, 4.69) is 11.6 Å². The number of nitrogens with zero attached hydrogens (tertiary/aromatic N) is 2. The van der Waals surface area contributed by atoms with Gasteiger partial charge in [-0.15, -0.1) is 0 Å². The third-order valence-electron chi connectivity index (χ3n) is 6.08. The van der Waals surface area contributed by atoms with E-state index in [9.17, 15) is 19.5 Å². The topological polar surface area (TPSA) is 106 Å². The number of aliphatic hydroxyl groups excluding tert-OH is 1. The van der Waals surface area contributed by atoms with E-state index in [0.29, 0.717) is 23.5 Å². The van der Waals surface area contributed by atoms with Crippen LogP contribution in [0.4, 0.5) is 9.52 Å². The van der Waals surface area contributed by atoms with Crippen LogP contribution in [-0.2, 0) is 14.3 Å². The van der Waals surface area contributed by atoms with Gasteiger partial charge in [0.1, 0.15) is 34.9 Å². The van der Waals surface area contributed by atoms with E-state index in [1.165, 1.54) is 24.3 Å². The predicted molar refractivity (Wildman–Crippen MR) is 145 cm³/mol. The standard InChI is InChI=1S/C29H27FN2O6S/c1-5-13-37-18-11-12-19(16(3)15-18)24(33)22-23(20-9-7-8-10-21(20)30)32(27(35)25(22)34)29-31-17(4)26(39-29)28(36)38-14-6-2/h6-12,15,23,33H,2,5,13-14H2,1,3-4H3. The van der Waals surface area contributed by atoms with Crippen molar-refractivity contribution >= 4 is 39.9 Å². The third-order valence-corrected chi connectivity index (χ3v) is 7.22. The molecule has 10 heteroatoms. The van der Waals surface area contributed by atoms with Crippen molar-refractivity contribution in [3.05, 3.63) is 93.8 Å². The van der Waals surface area contributed by atoms with Crippen LogP contribution in [0.25, 0.3) is 5.76 Å². The fourth-order valence-electron chi connectivity index (χ4n) is 4.25. The number of aliphatic hydroxyl groups is 1. The van der Waals surface area contributed by atoms with Gasteiger partial charge in [-0.2, -0.15) is 0 Å². The summed E-state index contributed by atoms with van der Waals surface area (Å²) in [5, 5.41) is 11.4. The number of carbonyl (C=O) groups is 3. The minimum atomic E-state index is -1.33. The first-order chi connectivity index (χ1) is 18.7. The smallest absolute Gasteiger partial charge is 0.350 e. The molecule has 1 atom stereocenters. The number of halogens is 1. The average Bonchev–Trinajstić information content (AvgIpc) is 3.42. The molecular formula is C29H27FN2O6S. The monoisotopic (exact) mass is 550 g/mol. The second kappa shape index (κ2) is 11.6. The molecule has 0 saturated carbocycles. The summed E-state index contributed by atoms with van der Waals surface area (Å²) in [6, 6.07) is 9.29. The Labute approximate surface area is 229 Å². The van der Waals surface area contributed by atoms with E-state index >= 15 is 4.39 Å². The molecular weight excluding hydrogens is 523 g/mol. The van der Waals surface area contributed by atoms with Gasteiger partial charge >= 0.3 is 11.9 Å². The lowest BCUT2D eigenvalue weighted by atomic mass is 9.93. The Morgan fingerprint density at radius 1 is 1.23 bits per heavy atom. The fourth-order valence-corrected chi connectivity index (χ4v) is 5.24. The number of Topliss-reactive ketones (excluding diaryl/α,β-unsaturated/α-hetero) is 1. The van der Waals surface area contributed by atoms with Crippen LogP contribution in [0.2, 0.25) is 0 Å². The quantitative estimate of drug-likeness (QED) is 0.121. The second-order valence-corrected chi connectivity index (χ2v) is 9.79. The number of thiazole rings is 1. The van der Waals surface area contributed by atoms with Gasteiger partial charge in [-0.3, -0.25) is 14.5 Å². The molecule has 202 valence electrons. The molecule has 0 radical (unpaired) electrons. The average molecular weight is 551 g/mol. The minimum absolute atomic E-state index is 0.00695. The third kappa shape index (κ3) is 5.33. The van der Waals surface area contributed by atoms with Gasteiger partial charge in [0.25, 0.3) is 5.78 Å². The van der Waals surface area contributed by atoms with E-state index in [4.69, 9.17) is 9.47 Å². The molecule has 2 aromatic carbocycles. The van der Waals surface area contributed by atoms with E-state index in [1.807, 2.05) is 6.92 Å². The maximum absolute atomic E-state index is 15.2. The number of esters is 1. The maximum Gasteiger partial charge on any atom is 0.350 e. The highest BCUT2D eigenvalue weighted by Gasteiger charge is 2.49. The van der Waals surface area contributed by atoms with Crippen molar-refractivity contribution in [2.45, 2.75) is 33.2 Å². The number of ether oxygens (including phenoxy) is 2. The Morgan fingerprint density at radius 3 is 2.64 bits per heavy atom. The largest absolute Gasteiger partial charge is 0.507 e. The summed E-state index contributed by atoms with van der Waals surface area (Å²) in [4.78, 5) is 44.8. The number of carbonyl (C=O) groups excluding carboxylic acids is 3. The molecule has 2 heterocycles. The van der Waals surface area contributed by atoms with Gasteiger partial charge in [-0.05, 0) is 50.1 Å². The molecule has 1 N–H and O–H groups in total. The summed E-state index contributed by atoms with van der Waals surface area (Å²) >= 11 is 0.837. The van der Waals surface area contributed by atoms with Crippen molar-refractivity contribution in [1.82, 2.24) is 4.98 Å². The van der Waals surface area contributed by atoms with Gasteiger partial charge in [-0.1, -0.05) is 49.1 Å². The van der Waals surface area contributed by atoms with Crippen molar-refractivity contribution in [2.75, 3.05) is 18.1 Å². The SMILES string of the molecule is C=CCOC(=O)c1sc(N2C(=O)C(=O)C(=C(O)c3ccc(OCCC)cc3C)C2c2ccccc2F)nc1C. The van der Waals surface area contributed by atoms with E-state index < -0.39 is 35.3 Å². The van der Waals surface area contributed by atoms with E-state index in [-0.39, 0.29) is 33.4 Å². The van der Waals surface area contributed by atoms with Gasteiger partial charge in [0.2, 0.25) is 0 Å². The number of aromatic nitrogens is 1. The van der Waals surface area contributed by atoms with Gasteiger partial charge in [0.15, 0.2) is 5.13 Å². The zero-order valence-electron chi connectivity index (χ0n) is 21.7. The molecule has 1 aromatic heterocycles. The Kier molecular flexibility index (Phi) is 8.25. The van der Waals surface area contributed by atoms with Gasteiger partial charge < -0.3 is 14.6 Å². The number of aryl methyl sites for hydroxylation is 2. The molecule has 0 aliphatic carbocycles. The van der Waals surface area contributed by atoms with Crippen LogP contribution in [0, 0.1) is 19.7 Å². The normalized spacial score (nSPS) is 16.4. The van der Waals surface area contributed by atoms with Crippen molar-refractivity contribution < 1.29 is 33.4 Å². The number of rotatable bonds is 9. The first-order valence-corrected chi connectivity index (χ1v) is 13.1. The molecule has 0 spiro atoms. The first-order valence-electron chi connectivity index (χ1n) is 12.2. The van der Waals surface area contributed by atoms with Crippen LogP contribution in [-0.4, -0.2) is 41.0 Å². The molecule has 8 nitrogen and oxygen atoms in total. The minimum Gasteiger partial charge on any atom is -0.507 e. The van der Waals surface area contributed by atoms with Crippen LogP contribution in [0.1, 0.15) is 51.4 Å². The van der Waals surface area contributed by atoms with Crippen LogP contribution >= 0.6 is 11.3 Å². The van der Waals surface area contributed by atoms with Crippen LogP contribution in [0.15, 0.2) is 60.7 Å². The zero-order chi connectivity index (χ0) is 28.3. The van der Waals surface area contributed by atoms with Crippen LogP contribution < -0.4 is 9.64 Å². The van der Waals surface area contributed by atoms with Gasteiger partial charge in [0, 0.05) is 11.1 Å². The summed E-state index contributed by atoms with van der Waals surface area (Å²) in [6.07, 6.45) is 2.23. The van der Waals surface area contributed by atoms with Crippen LogP contribution in [0.3, 0.4) is 0 Å². The van der Waals surface area contributed by atoms with E-state index in [0.717, 1.165) is 22.7 Å². The highest BCUT2D eigenvalue weighted by atomic mass is 32.1. The van der Waals surface area contributed by atoms with Gasteiger partial charge in [-0.25, -0.2) is 14.2 Å². The lowest BCUT2D eigenvalue weighted by molar-refractivity contribution is -0.132. The molecule has 1 saturated heterocycles. The Hall–Kier alpha value is -4.31. The molecule has 4 rings (SSSR count). The Morgan fingerprint density at radius 2 is 1.97 bits per heavy atom. The van der Waals surface area contributed by atoms with Crippen LogP contribution in [0.5, 0.6) is 5.75 Å². The number of hydrogen-bond acceptors (Lipinski definition) is 8. The van der Waals surface area contributed by atoms with Gasteiger partial charge in [0.05, 0.1) is 17.9 Å². The van der Waals surface area contributed by atoms with Crippen molar-refractivity contribution in [1.29, 1.82) is 0 Å².